The molecule has 0 aliphatic rings. The topological polar surface area (TPSA) is 86.3 Å². The molecule has 7 heteroatoms. The molecule has 0 saturated heterocycles. The minimum Gasteiger partial charge on any atom is -0.377 e. The maximum absolute atomic E-state index is 10.6. The first-order valence-electron chi connectivity index (χ1n) is 7.10. The minimum atomic E-state index is -0.584. The number of hydroxylamine groups is 1. The van der Waals surface area contributed by atoms with Gasteiger partial charge >= 0.3 is 0 Å². The smallest absolute Gasteiger partial charge is 0.269 e. The molecular formula is C15H23NO6. The first kappa shape index (κ1) is 18.5. The Labute approximate surface area is 130 Å². The van der Waals surface area contributed by atoms with Crippen LogP contribution in [0.5, 0.6) is 0 Å². The fourth-order valence-corrected chi connectivity index (χ4v) is 1.52. The van der Waals surface area contributed by atoms with Crippen LogP contribution in [0.1, 0.15) is 5.56 Å². The van der Waals surface area contributed by atoms with Gasteiger partial charge in [-0.2, -0.15) is 0 Å². The predicted octanol–water partition coefficient (Wildman–Crippen LogP) is 0.758. The Bertz CT molecular complexity index is 387. The summed E-state index contributed by atoms with van der Waals surface area (Å²) in [5, 5.41) is 8.22. The summed E-state index contributed by atoms with van der Waals surface area (Å²) in [6, 6.07) is 9.96. The Kier molecular flexibility index (Phi) is 11.1. The lowest BCUT2D eigenvalue weighted by Gasteiger charge is -2.07. The molecule has 2 N–H and O–H groups in total. The lowest BCUT2D eigenvalue weighted by atomic mass is 10.2. The second kappa shape index (κ2) is 13.2. The van der Waals surface area contributed by atoms with E-state index in [0.29, 0.717) is 39.6 Å². The van der Waals surface area contributed by atoms with E-state index in [1.54, 1.807) is 0 Å². The van der Waals surface area contributed by atoms with Gasteiger partial charge in [0.1, 0.15) is 6.61 Å². The Balaban J connectivity index is 1.77. The first-order valence-corrected chi connectivity index (χ1v) is 7.10. The molecule has 0 radical (unpaired) electrons. The Morgan fingerprint density at radius 3 is 2.00 bits per heavy atom. The van der Waals surface area contributed by atoms with E-state index in [2.05, 4.69) is 0 Å². The van der Waals surface area contributed by atoms with E-state index < -0.39 is 5.91 Å². The van der Waals surface area contributed by atoms with Crippen LogP contribution in [0.15, 0.2) is 30.3 Å². The van der Waals surface area contributed by atoms with Crippen molar-refractivity contribution in [3.8, 4) is 0 Å². The zero-order chi connectivity index (χ0) is 15.9. The Morgan fingerprint density at radius 2 is 1.41 bits per heavy atom. The summed E-state index contributed by atoms with van der Waals surface area (Å²) in [5.74, 6) is -0.584. The molecule has 124 valence electrons. The van der Waals surface area contributed by atoms with E-state index in [1.165, 1.54) is 5.48 Å². The molecule has 0 atom stereocenters. The molecule has 0 heterocycles. The lowest BCUT2D eigenvalue weighted by Crippen LogP contribution is -2.24. The summed E-state index contributed by atoms with van der Waals surface area (Å²) in [4.78, 5) is 10.6. The van der Waals surface area contributed by atoms with Crippen molar-refractivity contribution in [2.24, 2.45) is 0 Å². The van der Waals surface area contributed by atoms with Gasteiger partial charge in [0.05, 0.1) is 46.2 Å². The summed E-state index contributed by atoms with van der Waals surface area (Å²) in [6.07, 6.45) is 0. The minimum absolute atomic E-state index is 0.185. The van der Waals surface area contributed by atoms with Crippen LogP contribution >= 0.6 is 0 Å². The maximum Gasteiger partial charge on any atom is 0.269 e. The number of nitrogens with one attached hydrogen (secondary N) is 1. The molecular weight excluding hydrogens is 290 g/mol. The second-order valence-electron chi connectivity index (χ2n) is 4.35. The van der Waals surface area contributed by atoms with Crippen molar-refractivity contribution in [3.05, 3.63) is 35.9 Å². The van der Waals surface area contributed by atoms with Gasteiger partial charge in [-0.1, -0.05) is 30.3 Å². The first-order chi connectivity index (χ1) is 10.8. The molecule has 0 spiro atoms. The number of benzene rings is 1. The van der Waals surface area contributed by atoms with Crippen LogP contribution in [-0.2, 0) is 30.3 Å². The van der Waals surface area contributed by atoms with Gasteiger partial charge in [0, 0.05) is 0 Å². The largest absolute Gasteiger partial charge is 0.377 e. The summed E-state index contributed by atoms with van der Waals surface area (Å²) in [5.41, 5.74) is 2.61. The highest BCUT2D eigenvalue weighted by molar-refractivity contribution is 5.75. The highest BCUT2D eigenvalue weighted by Crippen LogP contribution is 1.99. The summed E-state index contributed by atoms with van der Waals surface area (Å²) in [7, 11) is 0. The van der Waals surface area contributed by atoms with Gasteiger partial charge in [0.2, 0.25) is 0 Å². The monoisotopic (exact) mass is 313 g/mol. The van der Waals surface area contributed by atoms with Crippen LogP contribution in [0.3, 0.4) is 0 Å². The van der Waals surface area contributed by atoms with Gasteiger partial charge in [0.15, 0.2) is 0 Å². The third-order valence-electron chi connectivity index (χ3n) is 2.59. The summed E-state index contributed by atoms with van der Waals surface area (Å²) < 4.78 is 21.0. The van der Waals surface area contributed by atoms with Crippen LogP contribution in [0.2, 0.25) is 0 Å². The van der Waals surface area contributed by atoms with Crippen molar-refractivity contribution in [2.75, 3.05) is 46.2 Å². The van der Waals surface area contributed by atoms with Crippen molar-refractivity contribution in [2.45, 2.75) is 6.61 Å². The number of rotatable bonds is 13. The quantitative estimate of drug-likeness (QED) is 0.318. The maximum atomic E-state index is 10.6. The molecule has 1 aromatic rings. The second-order valence-corrected chi connectivity index (χ2v) is 4.35. The van der Waals surface area contributed by atoms with Crippen molar-refractivity contribution in [1.29, 1.82) is 0 Å². The molecule has 7 nitrogen and oxygen atoms in total. The van der Waals surface area contributed by atoms with Crippen molar-refractivity contribution in [1.82, 2.24) is 5.48 Å². The zero-order valence-electron chi connectivity index (χ0n) is 12.5. The summed E-state index contributed by atoms with van der Waals surface area (Å²) >= 11 is 0. The number of carbonyl (C=O) groups is 1. The van der Waals surface area contributed by atoms with E-state index in [0.717, 1.165) is 5.56 Å². The molecule has 1 aromatic carbocycles. The van der Waals surface area contributed by atoms with E-state index >= 15 is 0 Å². The molecule has 22 heavy (non-hydrogen) atoms. The molecule has 0 fully saturated rings. The molecule has 1 amide bonds. The standard InChI is InChI=1S/C15H23NO6/c17-15(16-18)13-22-11-9-20-7-6-19-8-10-21-12-14-4-2-1-3-5-14/h1-5,18H,6-13H2,(H,16,17). The predicted molar refractivity (Wildman–Crippen MR) is 78.5 cm³/mol. The number of amides is 1. The number of ether oxygens (including phenoxy) is 4. The SMILES string of the molecule is O=C(COCCOCCOCCOCc1ccccc1)NO. The van der Waals surface area contributed by atoms with Crippen molar-refractivity contribution in [3.63, 3.8) is 0 Å². The van der Waals surface area contributed by atoms with Crippen LogP contribution < -0.4 is 5.48 Å². The van der Waals surface area contributed by atoms with Crippen molar-refractivity contribution >= 4 is 5.91 Å². The number of carbonyl (C=O) groups excluding carboxylic acids is 1. The fraction of sp³-hybridized carbons (Fsp3) is 0.533. The lowest BCUT2D eigenvalue weighted by molar-refractivity contribution is -0.134. The van der Waals surface area contributed by atoms with Gasteiger partial charge in [-0.15, -0.1) is 0 Å². The molecule has 0 aliphatic carbocycles. The third kappa shape index (κ3) is 10.3. The van der Waals surface area contributed by atoms with Crippen LogP contribution in [0.4, 0.5) is 0 Å². The van der Waals surface area contributed by atoms with Gasteiger partial charge in [0.25, 0.3) is 5.91 Å². The van der Waals surface area contributed by atoms with Crippen molar-refractivity contribution < 1.29 is 28.9 Å². The molecule has 0 bridgehead atoms. The highest BCUT2D eigenvalue weighted by Gasteiger charge is 1.98. The van der Waals surface area contributed by atoms with E-state index in [1.807, 2.05) is 30.3 Å². The van der Waals surface area contributed by atoms with Crippen LogP contribution in [0.25, 0.3) is 0 Å². The fourth-order valence-electron chi connectivity index (χ4n) is 1.52. The van der Waals surface area contributed by atoms with Crippen LogP contribution in [-0.4, -0.2) is 57.4 Å². The Hall–Kier alpha value is -1.51. The highest BCUT2D eigenvalue weighted by atomic mass is 16.6. The summed E-state index contributed by atoms with van der Waals surface area (Å²) in [6.45, 7) is 3.03. The van der Waals surface area contributed by atoms with Gasteiger partial charge in [-0.05, 0) is 5.56 Å². The van der Waals surface area contributed by atoms with Crippen LogP contribution in [0, 0.1) is 0 Å². The zero-order valence-corrected chi connectivity index (χ0v) is 12.5. The number of hydrogen-bond acceptors (Lipinski definition) is 6. The third-order valence-corrected chi connectivity index (χ3v) is 2.59. The average Bonchev–Trinajstić information content (AvgIpc) is 2.56. The van der Waals surface area contributed by atoms with E-state index in [-0.39, 0.29) is 13.2 Å². The number of hydrogen-bond donors (Lipinski definition) is 2. The van der Waals surface area contributed by atoms with Gasteiger partial charge < -0.3 is 18.9 Å². The molecule has 0 unspecified atom stereocenters. The normalized spacial score (nSPS) is 10.6. The van der Waals surface area contributed by atoms with Gasteiger partial charge in [-0.25, -0.2) is 5.48 Å². The molecule has 0 saturated carbocycles. The van der Waals surface area contributed by atoms with E-state index in [4.69, 9.17) is 24.2 Å². The van der Waals surface area contributed by atoms with Gasteiger partial charge in [-0.3, -0.25) is 10.0 Å². The van der Waals surface area contributed by atoms with E-state index in [9.17, 15) is 4.79 Å². The average molecular weight is 313 g/mol. The molecule has 0 aliphatic heterocycles. The Morgan fingerprint density at radius 1 is 0.864 bits per heavy atom. The molecule has 0 aromatic heterocycles. The molecule has 1 rings (SSSR count).